The van der Waals surface area contributed by atoms with Gasteiger partial charge >= 0.3 is 0 Å². The second-order valence-corrected chi connectivity index (χ2v) is 8.78. The van der Waals surface area contributed by atoms with E-state index in [1.165, 1.54) is 40.1 Å². The van der Waals surface area contributed by atoms with Gasteiger partial charge in [0.25, 0.3) is 5.56 Å². The van der Waals surface area contributed by atoms with Crippen LogP contribution in [-0.4, -0.2) is 9.97 Å². The molecule has 0 saturated carbocycles. The normalized spacial score (nSPS) is 11.3. The van der Waals surface area contributed by atoms with E-state index in [1.54, 1.807) is 11.3 Å². The van der Waals surface area contributed by atoms with Gasteiger partial charge in [-0.05, 0) is 31.2 Å². The molecule has 0 atom stereocenters. The molecule has 8 heteroatoms. The topological polar surface area (TPSA) is 45.8 Å². The average molecular weight is 407 g/mol. The molecule has 1 N–H and O–H groups in total. The molecular formula is C18H12F2N2OS3. The first-order chi connectivity index (χ1) is 12.5. The molecular weight excluding hydrogens is 394 g/mol. The van der Waals surface area contributed by atoms with Crippen LogP contribution in [0.4, 0.5) is 8.78 Å². The Morgan fingerprint density at radius 3 is 2.81 bits per heavy atom. The number of nitrogens with one attached hydrogen (secondary N) is 1. The summed E-state index contributed by atoms with van der Waals surface area (Å²) in [5.74, 6) is -0.481. The second kappa shape index (κ2) is 6.94. The van der Waals surface area contributed by atoms with Crippen molar-refractivity contribution in [2.24, 2.45) is 0 Å². The summed E-state index contributed by atoms with van der Waals surface area (Å²) < 4.78 is 26.7. The van der Waals surface area contributed by atoms with Crippen molar-refractivity contribution in [1.82, 2.24) is 9.97 Å². The van der Waals surface area contributed by atoms with Gasteiger partial charge in [-0.25, -0.2) is 13.8 Å². The number of thioether (sulfide) groups is 1. The third-order valence-electron chi connectivity index (χ3n) is 3.76. The molecule has 0 unspecified atom stereocenters. The van der Waals surface area contributed by atoms with Crippen molar-refractivity contribution in [2.75, 3.05) is 0 Å². The Morgan fingerprint density at radius 2 is 2.08 bits per heavy atom. The van der Waals surface area contributed by atoms with Gasteiger partial charge in [0.2, 0.25) is 0 Å². The SMILES string of the molecule is Cc1ccc(-c2csc3nc(CSc4ccc(F)cc4F)[nH]c(=O)c23)s1. The van der Waals surface area contributed by atoms with Crippen LogP contribution in [0.15, 0.2) is 45.4 Å². The summed E-state index contributed by atoms with van der Waals surface area (Å²) in [6, 6.07) is 7.46. The Balaban J connectivity index is 1.65. The largest absolute Gasteiger partial charge is 0.309 e. The van der Waals surface area contributed by atoms with E-state index >= 15 is 0 Å². The number of aromatic amines is 1. The predicted octanol–water partition coefficient (Wildman–Crippen LogP) is 5.59. The maximum Gasteiger partial charge on any atom is 0.260 e. The first kappa shape index (κ1) is 17.4. The zero-order valence-corrected chi connectivity index (χ0v) is 16.0. The van der Waals surface area contributed by atoms with Gasteiger partial charge in [0.05, 0.1) is 11.1 Å². The number of benzene rings is 1. The van der Waals surface area contributed by atoms with E-state index in [0.717, 1.165) is 16.5 Å². The lowest BCUT2D eigenvalue weighted by molar-refractivity contribution is 0.565. The molecule has 0 saturated heterocycles. The minimum atomic E-state index is -0.620. The maximum atomic E-state index is 13.7. The molecule has 1 aromatic carbocycles. The Bertz CT molecular complexity index is 1160. The van der Waals surface area contributed by atoms with Crippen LogP contribution in [0.1, 0.15) is 10.7 Å². The Labute approximate surface area is 159 Å². The van der Waals surface area contributed by atoms with Crippen LogP contribution in [0.25, 0.3) is 20.7 Å². The molecule has 0 fully saturated rings. The smallest absolute Gasteiger partial charge is 0.260 e. The highest BCUT2D eigenvalue weighted by Gasteiger charge is 2.14. The molecule has 0 aliphatic carbocycles. The van der Waals surface area contributed by atoms with Crippen LogP contribution in [0.5, 0.6) is 0 Å². The van der Waals surface area contributed by atoms with Gasteiger partial charge in [-0.3, -0.25) is 4.79 Å². The molecule has 132 valence electrons. The van der Waals surface area contributed by atoms with Crippen LogP contribution < -0.4 is 5.56 Å². The second-order valence-electron chi connectivity index (χ2n) is 5.62. The number of hydrogen-bond donors (Lipinski definition) is 1. The van der Waals surface area contributed by atoms with E-state index in [0.29, 0.717) is 26.7 Å². The van der Waals surface area contributed by atoms with E-state index in [-0.39, 0.29) is 5.56 Å². The van der Waals surface area contributed by atoms with Gasteiger partial charge in [0.15, 0.2) is 0 Å². The zero-order chi connectivity index (χ0) is 18.3. The lowest BCUT2D eigenvalue weighted by atomic mass is 10.2. The van der Waals surface area contributed by atoms with Crippen molar-refractivity contribution in [3.05, 3.63) is 68.4 Å². The number of halogens is 2. The zero-order valence-electron chi connectivity index (χ0n) is 13.5. The van der Waals surface area contributed by atoms with Crippen molar-refractivity contribution in [1.29, 1.82) is 0 Å². The highest BCUT2D eigenvalue weighted by Crippen LogP contribution is 2.35. The summed E-state index contributed by atoms with van der Waals surface area (Å²) >= 11 is 4.21. The number of fused-ring (bicyclic) bond motifs is 1. The monoisotopic (exact) mass is 406 g/mol. The molecule has 0 bridgehead atoms. The molecule has 0 amide bonds. The van der Waals surface area contributed by atoms with Crippen molar-refractivity contribution in [2.45, 2.75) is 17.6 Å². The molecule has 0 aliphatic rings. The fourth-order valence-corrected chi connectivity index (χ4v) is 5.27. The van der Waals surface area contributed by atoms with Crippen LogP contribution in [0, 0.1) is 18.6 Å². The van der Waals surface area contributed by atoms with Crippen molar-refractivity contribution in [3.8, 4) is 10.4 Å². The number of aromatic nitrogens is 2. The van der Waals surface area contributed by atoms with Crippen LogP contribution >= 0.6 is 34.4 Å². The van der Waals surface area contributed by atoms with Crippen molar-refractivity contribution < 1.29 is 8.78 Å². The van der Waals surface area contributed by atoms with Crippen molar-refractivity contribution in [3.63, 3.8) is 0 Å². The predicted molar refractivity (Wildman–Crippen MR) is 104 cm³/mol. The van der Waals surface area contributed by atoms with Crippen molar-refractivity contribution >= 4 is 44.7 Å². The summed E-state index contributed by atoms with van der Waals surface area (Å²) in [5.41, 5.74) is 0.688. The number of nitrogens with zero attached hydrogens (tertiary/aromatic N) is 1. The summed E-state index contributed by atoms with van der Waals surface area (Å²) in [4.78, 5) is 23.0. The number of H-pyrrole nitrogens is 1. The van der Waals surface area contributed by atoms with E-state index < -0.39 is 11.6 Å². The fraction of sp³-hybridized carbons (Fsp3) is 0.111. The Hall–Kier alpha value is -2.03. The molecule has 0 radical (unpaired) electrons. The van der Waals surface area contributed by atoms with Gasteiger partial charge < -0.3 is 4.98 Å². The molecule has 3 aromatic heterocycles. The fourth-order valence-electron chi connectivity index (χ4n) is 2.56. The number of aryl methyl sites for hydroxylation is 1. The van der Waals surface area contributed by atoms with E-state index in [2.05, 4.69) is 9.97 Å². The van der Waals surface area contributed by atoms with Crippen LogP contribution in [-0.2, 0) is 5.75 Å². The molecule has 0 spiro atoms. The van der Waals surface area contributed by atoms with E-state index in [9.17, 15) is 13.6 Å². The van der Waals surface area contributed by atoms with Crippen LogP contribution in [0.3, 0.4) is 0 Å². The number of thiophene rings is 2. The van der Waals surface area contributed by atoms with Gasteiger partial charge in [-0.1, -0.05) is 0 Å². The highest BCUT2D eigenvalue weighted by molar-refractivity contribution is 7.98. The number of hydrogen-bond acceptors (Lipinski definition) is 5. The van der Waals surface area contributed by atoms with Gasteiger partial charge in [0, 0.05) is 31.7 Å². The maximum absolute atomic E-state index is 13.7. The quantitative estimate of drug-likeness (QED) is 0.449. The Morgan fingerprint density at radius 1 is 1.23 bits per heavy atom. The van der Waals surface area contributed by atoms with Crippen LogP contribution in [0.2, 0.25) is 0 Å². The third kappa shape index (κ3) is 3.32. The van der Waals surface area contributed by atoms with E-state index in [1.807, 2.05) is 24.4 Å². The molecule has 26 heavy (non-hydrogen) atoms. The van der Waals surface area contributed by atoms with E-state index in [4.69, 9.17) is 0 Å². The highest BCUT2D eigenvalue weighted by atomic mass is 32.2. The number of rotatable bonds is 4. The summed E-state index contributed by atoms with van der Waals surface area (Å²) in [5, 5.41) is 2.52. The average Bonchev–Trinajstić information content (AvgIpc) is 3.20. The Kier molecular flexibility index (Phi) is 4.64. The van der Waals surface area contributed by atoms with Gasteiger partial charge in [-0.2, -0.15) is 0 Å². The standard InChI is InChI=1S/C18H12F2N2OS3/c1-9-2-4-13(26-9)11-7-25-18-16(11)17(23)21-15(22-18)8-24-14-5-3-10(19)6-12(14)20/h2-7H,8H2,1H3,(H,21,22,23). The lowest BCUT2D eigenvalue weighted by Crippen LogP contribution is -2.10. The first-order valence-electron chi connectivity index (χ1n) is 7.66. The summed E-state index contributed by atoms with van der Waals surface area (Å²) in [6.07, 6.45) is 0. The molecule has 3 heterocycles. The summed E-state index contributed by atoms with van der Waals surface area (Å²) in [6.45, 7) is 2.02. The molecule has 4 rings (SSSR count). The third-order valence-corrected chi connectivity index (χ3v) is 6.72. The molecule has 4 aromatic rings. The van der Waals surface area contributed by atoms with Gasteiger partial charge in [0.1, 0.15) is 22.3 Å². The first-order valence-corrected chi connectivity index (χ1v) is 10.3. The van der Waals surface area contributed by atoms with Gasteiger partial charge in [-0.15, -0.1) is 34.4 Å². The minimum absolute atomic E-state index is 0.201. The summed E-state index contributed by atoms with van der Waals surface area (Å²) in [7, 11) is 0. The molecule has 0 aliphatic heterocycles. The molecule has 3 nitrogen and oxygen atoms in total. The minimum Gasteiger partial charge on any atom is -0.309 e. The lowest BCUT2D eigenvalue weighted by Gasteiger charge is -2.04.